The molecule has 35 heavy (non-hydrogen) atoms. The summed E-state index contributed by atoms with van der Waals surface area (Å²) in [6, 6.07) is 15.6. The number of para-hydroxylation sites is 1. The van der Waals surface area contributed by atoms with Gasteiger partial charge in [0.2, 0.25) is 5.95 Å². The van der Waals surface area contributed by atoms with E-state index in [1.165, 1.54) is 31.2 Å². The summed E-state index contributed by atoms with van der Waals surface area (Å²) in [6.45, 7) is 2.36. The number of rotatable bonds is 9. The molecule has 5 rings (SSSR count). The molecule has 3 aromatic rings. The molecule has 0 bridgehead atoms. The molecule has 1 fully saturated rings. The van der Waals surface area contributed by atoms with Crippen molar-refractivity contribution in [2.45, 2.75) is 57.0 Å². The molecule has 2 heterocycles. The largest absolute Gasteiger partial charge is 0.486 e. The van der Waals surface area contributed by atoms with E-state index in [2.05, 4.69) is 39.8 Å². The number of nitrogens with zero attached hydrogens (tertiary/aromatic N) is 3. The second-order valence-electron chi connectivity index (χ2n) is 9.86. The van der Waals surface area contributed by atoms with Crippen molar-refractivity contribution >= 4 is 22.7 Å². The summed E-state index contributed by atoms with van der Waals surface area (Å²) in [4.78, 5) is 11.6. The lowest BCUT2D eigenvalue weighted by Gasteiger charge is -2.30. The summed E-state index contributed by atoms with van der Waals surface area (Å²) in [5.41, 5.74) is 2.31. The molecule has 0 amide bonds. The lowest BCUT2D eigenvalue weighted by Crippen LogP contribution is -2.37. The van der Waals surface area contributed by atoms with E-state index in [1.54, 1.807) is 0 Å². The molecule has 1 saturated carbocycles. The van der Waals surface area contributed by atoms with Gasteiger partial charge in [0, 0.05) is 31.6 Å². The van der Waals surface area contributed by atoms with Crippen LogP contribution in [0.5, 0.6) is 11.5 Å². The molecule has 0 radical (unpaired) electrons. The summed E-state index contributed by atoms with van der Waals surface area (Å²) in [5, 5.41) is 8.48. The van der Waals surface area contributed by atoms with Gasteiger partial charge in [0.05, 0.1) is 5.52 Å². The molecule has 7 heteroatoms. The molecular formula is C28H37N5O2. The summed E-state index contributed by atoms with van der Waals surface area (Å²) in [5.74, 6) is 3.47. The standard InChI is InChI=1S/C28H37N5O2/c1-33(2)27-23-8-3-4-9-24(23)31-28(32-27)30-22-13-11-21(12-14-22)29-16-6-5-7-20-10-15-25-26(19-20)35-18-17-34-25/h3-4,8-10,15,19,21-22,29H,5-7,11-14,16-18H2,1-2H3,(H,30,31,32)/t21-,22+. The van der Waals surface area contributed by atoms with Crippen molar-refractivity contribution < 1.29 is 9.47 Å². The second kappa shape index (κ2) is 11.1. The van der Waals surface area contributed by atoms with Gasteiger partial charge in [-0.05, 0) is 81.3 Å². The topological polar surface area (TPSA) is 71.5 Å². The molecule has 1 aliphatic heterocycles. The third-order valence-electron chi connectivity index (χ3n) is 7.00. The van der Waals surface area contributed by atoms with Crippen LogP contribution in [-0.4, -0.2) is 55.9 Å². The Labute approximate surface area is 208 Å². The van der Waals surface area contributed by atoms with Gasteiger partial charge >= 0.3 is 0 Å². The zero-order valence-electron chi connectivity index (χ0n) is 20.9. The van der Waals surface area contributed by atoms with E-state index in [9.17, 15) is 0 Å². The molecule has 1 aromatic heterocycles. The number of nitrogens with one attached hydrogen (secondary N) is 2. The molecular weight excluding hydrogens is 438 g/mol. The van der Waals surface area contributed by atoms with Crippen molar-refractivity contribution in [2.75, 3.05) is 44.1 Å². The highest BCUT2D eigenvalue weighted by Crippen LogP contribution is 2.31. The Kier molecular flexibility index (Phi) is 7.52. The van der Waals surface area contributed by atoms with Crippen molar-refractivity contribution in [3.05, 3.63) is 48.0 Å². The van der Waals surface area contributed by atoms with Crippen LogP contribution in [0.4, 0.5) is 11.8 Å². The van der Waals surface area contributed by atoms with E-state index in [-0.39, 0.29) is 0 Å². The Hall–Kier alpha value is -3.06. The highest BCUT2D eigenvalue weighted by molar-refractivity contribution is 5.90. The molecule has 1 aliphatic carbocycles. The third-order valence-corrected chi connectivity index (χ3v) is 7.00. The zero-order valence-corrected chi connectivity index (χ0v) is 20.9. The van der Waals surface area contributed by atoms with E-state index in [0.29, 0.717) is 25.3 Å². The Morgan fingerprint density at radius 1 is 0.886 bits per heavy atom. The molecule has 0 atom stereocenters. The van der Waals surface area contributed by atoms with Gasteiger partial charge in [0.1, 0.15) is 19.0 Å². The number of benzene rings is 2. The Balaban J connectivity index is 1.03. The number of anilines is 2. The van der Waals surface area contributed by atoms with Gasteiger partial charge in [-0.25, -0.2) is 4.98 Å². The predicted octanol–water partition coefficient (Wildman–Crippen LogP) is 4.80. The number of fused-ring (bicyclic) bond motifs is 2. The minimum absolute atomic E-state index is 0.430. The van der Waals surface area contributed by atoms with E-state index in [4.69, 9.17) is 19.4 Å². The van der Waals surface area contributed by atoms with Crippen LogP contribution in [-0.2, 0) is 6.42 Å². The molecule has 0 saturated heterocycles. The van der Waals surface area contributed by atoms with Gasteiger partial charge in [-0.3, -0.25) is 0 Å². The van der Waals surface area contributed by atoms with Crippen LogP contribution in [0.3, 0.4) is 0 Å². The van der Waals surface area contributed by atoms with Crippen LogP contribution in [0.25, 0.3) is 10.9 Å². The smallest absolute Gasteiger partial charge is 0.225 e. The third kappa shape index (κ3) is 5.96. The summed E-state index contributed by atoms with van der Waals surface area (Å²) < 4.78 is 11.3. The Morgan fingerprint density at radius 2 is 1.66 bits per heavy atom. The minimum atomic E-state index is 0.430. The normalized spacial score (nSPS) is 19.5. The molecule has 0 unspecified atom stereocenters. The van der Waals surface area contributed by atoms with E-state index >= 15 is 0 Å². The quantitative estimate of drug-likeness (QED) is 0.431. The van der Waals surface area contributed by atoms with E-state index < -0.39 is 0 Å². The molecule has 0 spiro atoms. The first kappa shape index (κ1) is 23.7. The Morgan fingerprint density at radius 3 is 2.49 bits per heavy atom. The fourth-order valence-corrected chi connectivity index (χ4v) is 5.09. The minimum Gasteiger partial charge on any atom is -0.486 e. The first-order valence-corrected chi connectivity index (χ1v) is 13.0. The van der Waals surface area contributed by atoms with E-state index in [1.807, 2.05) is 32.3 Å². The van der Waals surface area contributed by atoms with Crippen LogP contribution < -0.4 is 25.0 Å². The first-order valence-electron chi connectivity index (χ1n) is 13.0. The van der Waals surface area contributed by atoms with Gasteiger partial charge in [-0.1, -0.05) is 18.2 Å². The van der Waals surface area contributed by atoms with E-state index in [0.717, 1.165) is 60.0 Å². The van der Waals surface area contributed by atoms with Gasteiger partial charge in [0.15, 0.2) is 11.5 Å². The van der Waals surface area contributed by atoms with Crippen LogP contribution in [0.1, 0.15) is 44.1 Å². The zero-order chi connectivity index (χ0) is 24.0. The Bertz CT molecular complexity index is 1130. The van der Waals surface area contributed by atoms with Gasteiger partial charge < -0.3 is 25.0 Å². The van der Waals surface area contributed by atoms with Gasteiger partial charge in [-0.2, -0.15) is 4.98 Å². The number of aryl methyl sites for hydroxylation is 1. The van der Waals surface area contributed by atoms with Crippen LogP contribution >= 0.6 is 0 Å². The number of aromatic nitrogens is 2. The molecule has 2 aromatic carbocycles. The van der Waals surface area contributed by atoms with Crippen molar-refractivity contribution in [3.63, 3.8) is 0 Å². The van der Waals surface area contributed by atoms with Crippen molar-refractivity contribution in [2.24, 2.45) is 0 Å². The number of hydrogen-bond acceptors (Lipinski definition) is 7. The maximum Gasteiger partial charge on any atom is 0.225 e. The van der Waals surface area contributed by atoms with Gasteiger partial charge in [-0.15, -0.1) is 0 Å². The van der Waals surface area contributed by atoms with Crippen molar-refractivity contribution in [1.29, 1.82) is 0 Å². The van der Waals surface area contributed by atoms with Crippen molar-refractivity contribution in [1.82, 2.24) is 15.3 Å². The SMILES string of the molecule is CN(C)c1nc(N[C@H]2CC[C@@H](NCCCCc3ccc4c(c3)OCCO4)CC2)nc2ccccc12. The highest BCUT2D eigenvalue weighted by atomic mass is 16.6. The number of hydrogen-bond donors (Lipinski definition) is 2. The summed E-state index contributed by atoms with van der Waals surface area (Å²) in [6.07, 6.45) is 8.10. The molecule has 186 valence electrons. The number of ether oxygens (including phenoxy) is 2. The molecule has 7 nitrogen and oxygen atoms in total. The number of unbranched alkanes of at least 4 members (excludes halogenated alkanes) is 1. The lowest BCUT2D eigenvalue weighted by atomic mass is 9.91. The van der Waals surface area contributed by atoms with Crippen LogP contribution in [0.15, 0.2) is 42.5 Å². The first-order chi connectivity index (χ1) is 17.2. The summed E-state index contributed by atoms with van der Waals surface area (Å²) in [7, 11) is 4.07. The summed E-state index contributed by atoms with van der Waals surface area (Å²) >= 11 is 0. The van der Waals surface area contributed by atoms with Crippen LogP contribution in [0, 0.1) is 0 Å². The predicted molar refractivity (Wildman–Crippen MR) is 142 cm³/mol. The highest BCUT2D eigenvalue weighted by Gasteiger charge is 2.22. The lowest BCUT2D eigenvalue weighted by molar-refractivity contribution is 0.171. The molecule has 2 N–H and O–H groups in total. The maximum atomic E-state index is 5.70. The second-order valence-corrected chi connectivity index (χ2v) is 9.86. The van der Waals surface area contributed by atoms with Crippen LogP contribution in [0.2, 0.25) is 0 Å². The fraction of sp³-hybridized carbons (Fsp3) is 0.500. The molecule has 2 aliphatic rings. The fourth-order valence-electron chi connectivity index (χ4n) is 5.09. The van der Waals surface area contributed by atoms with Crippen molar-refractivity contribution in [3.8, 4) is 11.5 Å². The average Bonchev–Trinajstić information content (AvgIpc) is 2.89. The van der Waals surface area contributed by atoms with Gasteiger partial charge in [0.25, 0.3) is 0 Å². The monoisotopic (exact) mass is 475 g/mol. The average molecular weight is 476 g/mol. The maximum absolute atomic E-state index is 5.70.